The normalized spacial score (nSPS) is 16.0. The molecular formula is C29H40BFN4O7. The zero-order chi connectivity index (χ0) is 31.7. The van der Waals surface area contributed by atoms with Gasteiger partial charge in [-0.25, -0.2) is 23.8 Å². The molecule has 0 bridgehead atoms. The lowest BCUT2D eigenvalue weighted by Crippen LogP contribution is -2.44. The van der Waals surface area contributed by atoms with Gasteiger partial charge in [-0.3, -0.25) is 0 Å². The molecule has 228 valence electrons. The molecule has 0 aliphatic carbocycles. The van der Waals surface area contributed by atoms with Crippen LogP contribution in [0.3, 0.4) is 0 Å². The van der Waals surface area contributed by atoms with E-state index in [0.29, 0.717) is 15.9 Å². The van der Waals surface area contributed by atoms with Crippen molar-refractivity contribution in [2.45, 2.75) is 98.2 Å². The molecule has 1 aromatic heterocycles. The molecule has 0 spiro atoms. The highest BCUT2D eigenvalue weighted by Crippen LogP contribution is 2.36. The van der Waals surface area contributed by atoms with Crippen LogP contribution in [-0.2, 0) is 25.3 Å². The van der Waals surface area contributed by atoms with Crippen LogP contribution in [-0.4, -0.2) is 52.7 Å². The van der Waals surface area contributed by atoms with E-state index < -0.39 is 53.6 Å². The Balaban J connectivity index is 1.63. The highest BCUT2D eigenvalue weighted by Gasteiger charge is 2.51. The van der Waals surface area contributed by atoms with Crippen LogP contribution in [0.15, 0.2) is 36.5 Å². The number of nitrogens with one attached hydrogen (secondary N) is 2. The molecule has 42 heavy (non-hydrogen) atoms. The fraction of sp³-hybridized carbons (Fsp3) is 0.517. The number of carbonyl (C=O) groups is 3. The number of rotatable bonds is 5. The molecule has 1 aromatic carbocycles. The Hall–Kier alpha value is -3.71. The second kappa shape index (κ2) is 11.9. The first-order chi connectivity index (χ1) is 19.2. The summed E-state index contributed by atoms with van der Waals surface area (Å²) in [5.41, 5.74) is -1.83. The van der Waals surface area contributed by atoms with Gasteiger partial charge in [-0.15, -0.1) is 0 Å². The number of imide groups is 1. The fourth-order valence-corrected chi connectivity index (χ4v) is 3.64. The van der Waals surface area contributed by atoms with Gasteiger partial charge in [-0.05, 0) is 98.5 Å². The average molecular weight is 586 g/mol. The first-order valence-electron chi connectivity index (χ1n) is 13.6. The summed E-state index contributed by atoms with van der Waals surface area (Å²) in [6.45, 7) is 17.7. The third kappa shape index (κ3) is 8.42. The molecule has 13 heteroatoms. The molecule has 2 aromatic rings. The number of nitrogens with zero attached hydrogens (tertiary/aromatic N) is 2. The summed E-state index contributed by atoms with van der Waals surface area (Å²) in [5.74, 6) is -0.663. The van der Waals surface area contributed by atoms with Crippen LogP contribution in [0, 0.1) is 5.82 Å². The topological polar surface area (TPSA) is 128 Å². The first kappa shape index (κ1) is 32.8. The maximum Gasteiger partial charge on any atom is 0.494 e. The van der Waals surface area contributed by atoms with E-state index in [1.54, 1.807) is 53.7 Å². The molecule has 4 amide bonds. The standard InChI is InChI=1S/C29H40BFN4O7/c1-26(2,3)39-24(37)35(25(38)40-27(4,5)6)22-14-11-18(16-32-22)17-33-23(36)34-21-13-12-19(15-20(21)31)30-41-28(7,8)29(9,10)42-30/h11-16H,17H2,1-10H3,(H2,33,34,36). The Morgan fingerprint density at radius 1 is 0.929 bits per heavy atom. The fourth-order valence-electron chi connectivity index (χ4n) is 3.64. The molecule has 1 aliphatic heterocycles. The molecule has 2 heterocycles. The zero-order valence-electron chi connectivity index (χ0n) is 25.9. The van der Waals surface area contributed by atoms with Gasteiger partial charge in [0.2, 0.25) is 0 Å². The number of urea groups is 1. The summed E-state index contributed by atoms with van der Waals surface area (Å²) in [6.07, 6.45) is -0.501. The van der Waals surface area contributed by atoms with Crippen LogP contribution >= 0.6 is 0 Å². The van der Waals surface area contributed by atoms with Gasteiger partial charge in [-0.1, -0.05) is 12.1 Å². The van der Waals surface area contributed by atoms with E-state index in [0.717, 1.165) is 0 Å². The molecule has 11 nitrogen and oxygen atoms in total. The first-order valence-corrected chi connectivity index (χ1v) is 13.6. The minimum atomic E-state index is -0.943. The smallest absolute Gasteiger partial charge is 0.443 e. The van der Waals surface area contributed by atoms with Crippen LogP contribution in [0.25, 0.3) is 0 Å². The minimum absolute atomic E-state index is 0.0177. The molecule has 1 saturated heterocycles. The van der Waals surface area contributed by atoms with Crippen molar-refractivity contribution in [3.63, 3.8) is 0 Å². The van der Waals surface area contributed by atoms with E-state index in [9.17, 15) is 18.8 Å². The second-order valence-corrected chi connectivity index (χ2v) is 13.0. The molecule has 1 fully saturated rings. The van der Waals surface area contributed by atoms with Crippen molar-refractivity contribution in [3.8, 4) is 0 Å². The summed E-state index contributed by atoms with van der Waals surface area (Å²) in [7, 11) is -0.732. The summed E-state index contributed by atoms with van der Waals surface area (Å²) in [5, 5.41) is 5.10. The third-order valence-corrected chi connectivity index (χ3v) is 6.41. The van der Waals surface area contributed by atoms with Gasteiger partial charge in [0.25, 0.3) is 0 Å². The number of anilines is 2. The van der Waals surface area contributed by atoms with Crippen molar-refractivity contribution in [2.24, 2.45) is 0 Å². The lowest BCUT2D eigenvalue weighted by molar-refractivity contribution is 0.00578. The Kier molecular flexibility index (Phi) is 9.28. The Labute approximate surface area is 246 Å². The monoisotopic (exact) mass is 586 g/mol. The number of amides is 4. The van der Waals surface area contributed by atoms with Crippen molar-refractivity contribution in [1.29, 1.82) is 0 Å². The Bertz CT molecular complexity index is 1280. The van der Waals surface area contributed by atoms with Gasteiger partial charge in [0.1, 0.15) is 22.8 Å². The maximum absolute atomic E-state index is 14.8. The number of hydrogen-bond donors (Lipinski definition) is 2. The van der Waals surface area contributed by atoms with E-state index in [2.05, 4.69) is 15.6 Å². The molecule has 1 aliphatic rings. The van der Waals surface area contributed by atoms with Gasteiger partial charge >= 0.3 is 25.3 Å². The minimum Gasteiger partial charge on any atom is -0.443 e. The van der Waals surface area contributed by atoms with Crippen molar-refractivity contribution >= 4 is 42.3 Å². The van der Waals surface area contributed by atoms with Gasteiger partial charge in [-0.2, -0.15) is 4.90 Å². The van der Waals surface area contributed by atoms with Gasteiger partial charge in [0.15, 0.2) is 0 Å². The molecule has 0 saturated carbocycles. The number of carbonyl (C=O) groups excluding carboxylic acids is 3. The maximum atomic E-state index is 14.8. The number of ether oxygens (including phenoxy) is 2. The van der Waals surface area contributed by atoms with E-state index >= 15 is 0 Å². The van der Waals surface area contributed by atoms with Crippen molar-refractivity contribution < 1.29 is 37.6 Å². The highest BCUT2D eigenvalue weighted by molar-refractivity contribution is 6.62. The van der Waals surface area contributed by atoms with Crippen molar-refractivity contribution in [1.82, 2.24) is 10.3 Å². The molecule has 0 radical (unpaired) electrons. The summed E-state index contributed by atoms with van der Waals surface area (Å²) in [4.78, 5) is 43.0. The number of aromatic nitrogens is 1. The lowest BCUT2D eigenvalue weighted by atomic mass is 9.79. The predicted molar refractivity (Wildman–Crippen MR) is 157 cm³/mol. The Morgan fingerprint density at radius 3 is 1.93 bits per heavy atom. The second-order valence-electron chi connectivity index (χ2n) is 13.0. The van der Waals surface area contributed by atoms with Crippen LogP contribution in [0.4, 0.5) is 30.3 Å². The van der Waals surface area contributed by atoms with Crippen LogP contribution in [0.5, 0.6) is 0 Å². The van der Waals surface area contributed by atoms with Crippen LogP contribution < -0.4 is 21.0 Å². The largest absolute Gasteiger partial charge is 0.494 e. The Morgan fingerprint density at radius 2 is 1.48 bits per heavy atom. The van der Waals surface area contributed by atoms with Gasteiger partial charge in [0, 0.05) is 12.7 Å². The summed E-state index contributed by atoms with van der Waals surface area (Å²) >= 11 is 0. The molecule has 0 unspecified atom stereocenters. The average Bonchev–Trinajstić information content (AvgIpc) is 3.04. The van der Waals surface area contributed by atoms with Gasteiger partial charge in [0.05, 0.1) is 16.9 Å². The van der Waals surface area contributed by atoms with E-state index in [-0.39, 0.29) is 18.1 Å². The summed E-state index contributed by atoms with van der Waals surface area (Å²) in [6, 6.07) is 6.69. The number of pyridine rings is 1. The molecule has 0 atom stereocenters. The summed E-state index contributed by atoms with van der Waals surface area (Å²) < 4.78 is 37.4. The number of halogens is 1. The number of benzene rings is 1. The van der Waals surface area contributed by atoms with Crippen LogP contribution in [0.1, 0.15) is 74.8 Å². The lowest BCUT2D eigenvalue weighted by Gasteiger charge is -2.32. The van der Waals surface area contributed by atoms with Gasteiger partial charge < -0.3 is 29.4 Å². The van der Waals surface area contributed by atoms with Crippen LogP contribution in [0.2, 0.25) is 0 Å². The highest BCUT2D eigenvalue weighted by atomic mass is 19.1. The zero-order valence-corrected chi connectivity index (χ0v) is 25.9. The quantitative estimate of drug-likeness (QED) is 0.439. The predicted octanol–water partition coefficient (Wildman–Crippen LogP) is 5.52. The van der Waals surface area contributed by atoms with Crippen molar-refractivity contribution in [2.75, 3.05) is 10.2 Å². The van der Waals surface area contributed by atoms with E-state index in [1.807, 2.05) is 27.7 Å². The number of hydrogen-bond acceptors (Lipinski definition) is 8. The third-order valence-electron chi connectivity index (χ3n) is 6.41. The molecule has 3 rings (SSSR count). The SMILES string of the molecule is CC(C)(C)OC(=O)N(C(=O)OC(C)(C)C)c1ccc(CNC(=O)Nc2ccc(B3OC(C)(C)C(C)(C)O3)cc2F)cn1. The van der Waals surface area contributed by atoms with Crippen molar-refractivity contribution in [3.05, 3.63) is 47.9 Å². The molecular weight excluding hydrogens is 546 g/mol. The van der Waals surface area contributed by atoms with E-state index in [1.165, 1.54) is 24.4 Å². The molecule has 2 N–H and O–H groups in total. The van der Waals surface area contributed by atoms with E-state index in [4.69, 9.17) is 18.8 Å².